The SMILES string of the molecule is CN1CCC(N2CCC(F)C2)CC1. The van der Waals surface area contributed by atoms with E-state index in [1.165, 1.54) is 25.9 Å². The van der Waals surface area contributed by atoms with E-state index in [0.29, 0.717) is 12.6 Å². The molecule has 0 N–H and O–H groups in total. The third kappa shape index (κ3) is 2.20. The summed E-state index contributed by atoms with van der Waals surface area (Å²) < 4.78 is 13.0. The van der Waals surface area contributed by atoms with E-state index in [2.05, 4.69) is 16.8 Å². The molecule has 2 fully saturated rings. The third-order valence-electron chi connectivity index (χ3n) is 3.37. The Hall–Kier alpha value is -0.150. The maximum Gasteiger partial charge on any atom is 0.114 e. The lowest BCUT2D eigenvalue weighted by Gasteiger charge is -2.34. The Kier molecular flexibility index (Phi) is 2.84. The fraction of sp³-hybridized carbons (Fsp3) is 1.00. The van der Waals surface area contributed by atoms with Crippen molar-refractivity contribution < 1.29 is 4.39 Å². The van der Waals surface area contributed by atoms with E-state index in [1.54, 1.807) is 0 Å². The molecular weight excluding hydrogens is 167 g/mol. The van der Waals surface area contributed by atoms with Crippen LogP contribution in [0.25, 0.3) is 0 Å². The molecule has 0 amide bonds. The van der Waals surface area contributed by atoms with Crippen molar-refractivity contribution in [3.8, 4) is 0 Å². The summed E-state index contributed by atoms with van der Waals surface area (Å²) >= 11 is 0. The van der Waals surface area contributed by atoms with Crippen molar-refractivity contribution in [1.82, 2.24) is 9.80 Å². The second-order valence-electron chi connectivity index (χ2n) is 4.42. The van der Waals surface area contributed by atoms with Gasteiger partial charge in [-0.25, -0.2) is 4.39 Å². The van der Waals surface area contributed by atoms with E-state index >= 15 is 0 Å². The standard InChI is InChI=1S/C10H19FN2/c1-12-5-3-10(4-6-12)13-7-2-9(11)8-13/h9-10H,2-8H2,1H3. The second-order valence-corrected chi connectivity index (χ2v) is 4.42. The van der Waals surface area contributed by atoms with Gasteiger partial charge in [0.25, 0.3) is 0 Å². The van der Waals surface area contributed by atoms with Gasteiger partial charge in [0.2, 0.25) is 0 Å². The van der Waals surface area contributed by atoms with Crippen molar-refractivity contribution in [3.05, 3.63) is 0 Å². The molecule has 0 aromatic heterocycles. The topological polar surface area (TPSA) is 6.48 Å². The molecule has 2 aliphatic rings. The number of rotatable bonds is 1. The van der Waals surface area contributed by atoms with Crippen LogP contribution in [0.4, 0.5) is 4.39 Å². The molecule has 76 valence electrons. The molecule has 0 saturated carbocycles. The molecule has 0 aliphatic carbocycles. The number of piperidine rings is 1. The van der Waals surface area contributed by atoms with Crippen molar-refractivity contribution in [2.24, 2.45) is 0 Å². The van der Waals surface area contributed by atoms with Crippen molar-refractivity contribution in [2.45, 2.75) is 31.5 Å². The molecule has 0 aromatic carbocycles. The van der Waals surface area contributed by atoms with Gasteiger partial charge in [0, 0.05) is 19.1 Å². The van der Waals surface area contributed by atoms with Gasteiger partial charge in [0.05, 0.1) is 0 Å². The number of hydrogen-bond acceptors (Lipinski definition) is 2. The van der Waals surface area contributed by atoms with E-state index in [1.807, 2.05) is 0 Å². The Labute approximate surface area is 79.7 Å². The summed E-state index contributed by atoms with van der Waals surface area (Å²) in [5.41, 5.74) is 0. The number of hydrogen-bond donors (Lipinski definition) is 0. The monoisotopic (exact) mass is 186 g/mol. The molecule has 1 unspecified atom stereocenters. The summed E-state index contributed by atoms with van der Waals surface area (Å²) in [5, 5.41) is 0. The van der Waals surface area contributed by atoms with Crippen LogP contribution >= 0.6 is 0 Å². The first-order valence-electron chi connectivity index (χ1n) is 5.32. The van der Waals surface area contributed by atoms with Crippen LogP contribution in [0.5, 0.6) is 0 Å². The quantitative estimate of drug-likeness (QED) is 0.605. The van der Waals surface area contributed by atoms with Crippen molar-refractivity contribution in [1.29, 1.82) is 0 Å². The Morgan fingerprint density at radius 2 is 1.77 bits per heavy atom. The van der Waals surface area contributed by atoms with E-state index in [4.69, 9.17) is 0 Å². The van der Waals surface area contributed by atoms with Gasteiger partial charge in [0.1, 0.15) is 6.17 Å². The minimum absolute atomic E-state index is 0.556. The van der Waals surface area contributed by atoms with E-state index < -0.39 is 6.17 Å². The van der Waals surface area contributed by atoms with Crippen LogP contribution in [-0.4, -0.2) is 55.2 Å². The van der Waals surface area contributed by atoms with Gasteiger partial charge < -0.3 is 4.90 Å². The maximum absolute atomic E-state index is 13.0. The predicted molar refractivity (Wildman–Crippen MR) is 51.6 cm³/mol. The fourth-order valence-corrected chi connectivity index (χ4v) is 2.43. The lowest BCUT2D eigenvalue weighted by atomic mass is 10.0. The molecule has 1 atom stereocenters. The molecular formula is C10H19FN2. The summed E-state index contributed by atoms with van der Waals surface area (Å²) in [5.74, 6) is 0. The maximum atomic E-state index is 13.0. The Morgan fingerprint density at radius 3 is 2.31 bits per heavy atom. The lowest BCUT2D eigenvalue weighted by molar-refractivity contribution is 0.136. The van der Waals surface area contributed by atoms with Crippen LogP contribution in [-0.2, 0) is 0 Å². The van der Waals surface area contributed by atoms with Gasteiger partial charge >= 0.3 is 0 Å². The van der Waals surface area contributed by atoms with Crippen LogP contribution in [0.15, 0.2) is 0 Å². The lowest BCUT2D eigenvalue weighted by Crippen LogP contribution is -2.42. The first-order valence-corrected chi connectivity index (χ1v) is 5.32. The zero-order valence-electron chi connectivity index (χ0n) is 8.38. The summed E-state index contributed by atoms with van der Waals surface area (Å²) in [7, 11) is 2.16. The van der Waals surface area contributed by atoms with Crippen LogP contribution < -0.4 is 0 Å². The summed E-state index contributed by atoms with van der Waals surface area (Å²) in [6.07, 6.45) is 2.65. The largest absolute Gasteiger partial charge is 0.306 e. The highest BCUT2D eigenvalue weighted by Crippen LogP contribution is 2.21. The van der Waals surface area contributed by atoms with Crippen LogP contribution in [0.1, 0.15) is 19.3 Å². The van der Waals surface area contributed by atoms with Crippen molar-refractivity contribution >= 4 is 0 Å². The summed E-state index contributed by atoms with van der Waals surface area (Å²) in [6, 6.07) is 0.664. The van der Waals surface area contributed by atoms with Gasteiger partial charge in [-0.1, -0.05) is 0 Å². The molecule has 2 rings (SSSR count). The molecule has 0 bridgehead atoms. The molecule has 3 heteroatoms. The Morgan fingerprint density at radius 1 is 1.08 bits per heavy atom. The van der Waals surface area contributed by atoms with Crippen molar-refractivity contribution in [2.75, 3.05) is 33.2 Å². The molecule has 2 heterocycles. The number of nitrogens with zero attached hydrogens (tertiary/aromatic N) is 2. The minimum Gasteiger partial charge on any atom is -0.306 e. The van der Waals surface area contributed by atoms with Gasteiger partial charge in [-0.3, -0.25) is 4.90 Å². The first-order chi connectivity index (χ1) is 6.25. The third-order valence-corrected chi connectivity index (χ3v) is 3.37. The molecule has 0 aromatic rings. The highest BCUT2D eigenvalue weighted by molar-refractivity contribution is 4.84. The zero-order valence-corrected chi connectivity index (χ0v) is 8.38. The van der Waals surface area contributed by atoms with Crippen LogP contribution in [0.3, 0.4) is 0 Å². The summed E-state index contributed by atoms with van der Waals surface area (Å²) in [4.78, 5) is 4.71. The molecule has 2 nitrogen and oxygen atoms in total. The highest BCUT2D eigenvalue weighted by atomic mass is 19.1. The number of halogens is 1. The number of likely N-dealkylation sites (tertiary alicyclic amines) is 2. The Balaban J connectivity index is 1.81. The van der Waals surface area contributed by atoms with Crippen LogP contribution in [0.2, 0.25) is 0 Å². The molecule has 2 saturated heterocycles. The van der Waals surface area contributed by atoms with Gasteiger partial charge in [-0.2, -0.15) is 0 Å². The fourth-order valence-electron chi connectivity index (χ4n) is 2.43. The second kappa shape index (κ2) is 3.93. The molecule has 2 aliphatic heterocycles. The smallest absolute Gasteiger partial charge is 0.114 e. The molecule has 13 heavy (non-hydrogen) atoms. The van der Waals surface area contributed by atoms with Gasteiger partial charge in [-0.05, 0) is 39.4 Å². The normalized spacial score (nSPS) is 34.2. The first kappa shape index (κ1) is 9.41. The molecule has 0 spiro atoms. The van der Waals surface area contributed by atoms with Crippen molar-refractivity contribution in [3.63, 3.8) is 0 Å². The minimum atomic E-state index is -0.556. The van der Waals surface area contributed by atoms with E-state index in [9.17, 15) is 4.39 Å². The highest BCUT2D eigenvalue weighted by Gasteiger charge is 2.29. The Bertz CT molecular complexity index is 166. The van der Waals surface area contributed by atoms with E-state index in [-0.39, 0.29) is 0 Å². The van der Waals surface area contributed by atoms with Gasteiger partial charge in [-0.15, -0.1) is 0 Å². The van der Waals surface area contributed by atoms with Gasteiger partial charge in [0.15, 0.2) is 0 Å². The molecule has 0 radical (unpaired) electrons. The average Bonchev–Trinajstić information content (AvgIpc) is 2.53. The average molecular weight is 186 g/mol. The van der Waals surface area contributed by atoms with Crippen LogP contribution in [0, 0.1) is 0 Å². The summed E-state index contributed by atoms with van der Waals surface area (Å²) in [6.45, 7) is 4.03. The number of alkyl halides is 1. The predicted octanol–water partition coefficient (Wildman–Crippen LogP) is 1.12. The zero-order chi connectivity index (χ0) is 9.26. The van der Waals surface area contributed by atoms with E-state index in [0.717, 1.165) is 13.0 Å².